The van der Waals surface area contributed by atoms with Gasteiger partial charge in [-0.2, -0.15) is 5.10 Å². The maximum atomic E-state index is 12.8. The quantitative estimate of drug-likeness (QED) is 0.827. The molecule has 2 aromatic rings. The summed E-state index contributed by atoms with van der Waals surface area (Å²) in [5.74, 6) is -0.573. The highest BCUT2D eigenvalue weighted by Crippen LogP contribution is 2.06. The van der Waals surface area contributed by atoms with E-state index in [-0.39, 0.29) is 5.56 Å². The number of aryl methyl sites for hydroxylation is 1. The number of hydrogen-bond donors (Lipinski definition) is 1. The van der Waals surface area contributed by atoms with Gasteiger partial charge >= 0.3 is 0 Å². The van der Waals surface area contributed by atoms with E-state index in [1.165, 1.54) is 6.20 Å². The zero-order chi connectivity index (χ0) is 11.5. The van der Waals surface area contributed by atoms with Gasteiger partial charge in [-0.3, -0.25) is 14.5 Å². The summed E-state index contributed by atoms with van der Waals surface area (Å²) >= 11 is 0. The van der Waals surface area contributed by atoms with E-state index in [1.54, 1.807) is 24.0 Å². The Balaban J connectivity index is 2.14. The fourth-order valence-corrected chi connectivity index (χ4v) is 1.21. The molecule has 0 aliphatic heterocycles. The van der Waals surface area contributed by atoms with Crippen LogP contribution < -0.4 is 5.32 Å². The van der Waals surface area contributed by atoms with Crippen molar-refractivity contribution in [3.05, 3.63) is 42.1 Å². The van der Waals surface area contributed by atoms with Crippen molar-refractivity contribution in [3.63, 3.8) is 0 Å². The molecule has 0 unspecified atom stereocenters. The number of amides is 1. The van der Waals surface area contributed by atoms with Crippen LogP contribution in [0.3, 0.4) is 0 Å². The number of pyridine rings is 1. The molecule has 2 aromatic heterocycles. The van der Waals surface area contributed by atoms with E-state index in [0.717, 1.165) is 12.3 Å². The lowest BCUT2D eigenvalue weighted by Crippen LogP contribution is -2.13. The molecule has 0 saturated carbocycles. The van der Waals surface area contributed by atoms with Crippen LogP contribution in [0.1, 0.15) is 10.4 Å². The Hall–Kier alpha value is -2.24. The van der Waals surface area contributed by atoms with Crippen molar-refractivity contribution in [1.82, 2.24) is 14.8 Å². The second-order valence-electron chi connectivity index (χ2n) is 3.22. The van der Waals surface area contributed by atoms with E-state index in [4.69, 9.17) is 0 Å². The Kier molecular flexibility index (Phi) is 2.63. The van der Waals surface area contributed by atoms with Gasteiger partial charge in [0.05, 0.1) is 11.8 Å². The predicted octanol–water partition coefficient (Wildman–Crippen LogP) is 1.21. The van der Waals surface area contributed by atoms with Crippen molar-refractivity contribution in [3.8, 4) is 0 Å². The molecule has 0 bridgehead atoms. The minimum Gasteiger partial charge on any atom is -0.305 e. The largest absolute Gasteiger partial charge is 0.305 e. The van der Waals surface area contributed by atoms with E-state index >= 15 is 0 Å². The molecule has 0 aliphatic carbocycles. The van der Waals surface area contributed by atoms with Crippen LogP contribution in [0.4, 0.5) is 10.2 Å². The Morgan fingerprint density at radius 3 is 2.94 bits per heavy atom. The van der Waals surface area contributed by atoms with Crippen LogP contribution in [-0.4, -0.2) is 20.7 Å². The molecule has 2 rings (SSSR count). The Morgan fingerprint density at radius 2 is 2.31 bits per heavy atom. The van der Waals surface area contributed by atoms with Gasteiger partial charge in [-0.15, -0.1) is 0 Å². The molecule has 0 atom stereocenters. The Labute approximate surface area is 90.9 Å². The number of halogens is 1. The SMILES string of the molecule is Cn1ccc(NC(=O)c2cncc(F)c2)n1. The first-order valence-electron chi connectivity index (χ1n) is 4.57. The standard InChI is InChI=1S/C10H9FN4O/c1-15-3-2-9(14-15)13-10(16)7-4-8(11)6-12-5-7/h2-6H,1H3,(H,13,14,16). The van der Waals surface area contributed by atoms with Gasteiger partial charge < -0.3 is 5.32 Å². The number of aromatic nitrogens is 3. The first-order valence-corrected chi connectivity index (χ1v) is 4.57. The van der Waals surface area contributed by atoms with Gasteiger partial charge in [0.1, 0.15) is 5.82 Å². The molecule has 0 aromatic carbocycles. The summed E-state index contributed by atoms with van der Waals surface area (Å²) in [7, 11) is 1.74. The molecule has 0 aliphatic rings. The second-order valence-corrected chi connectivity index (χ2v) is 3.22. The van der Waals surface area contributed by atoms with Gasteiger partial charge in [-0.1, -0.05) is 0 Å². The number of hydrogen-bond acceptors (Lipinski definition) is 3. The van der Waals surface area contributed by atoms with Crippen LogP contribution >= 0.6 is 0 Å². The number of nitrogens with one attached hydrogen (secondary N) is 1. The summed E-state index contributed by atoms with van der Waals surface area (Å²) in [5.41, 5.74) is 0.158. The third kappa shape index (κ3) is 2.22. The molecule has 5 nitrogen and oxygen atoms in total. The van der Waals surface area contributed by atoms with E-state index in [1.807, 2.05) is 0 Å². The van der Waals surface area contributed by atoms with Crippen LogP contribution in [0.15, 0.2) is 30.7 Å². The lowest BCUT2D eigenvalue weighted by molar-refractivity contribution is 0.102. The number of nitrogens with zero attached hydrogens (tertiary/aromatic N) is 3. The molecule has 0 fully saturated rings. The van der Waals surface area contributed by atoms with Crippen LogP contribution in [0.25, 0.3) is 0 Å². The summed E-state index contributed by atoms with van der Waals surface area (Å²) in [5, 5.41) is 6.50. The molecular weight excluding hydrogens is 211 g/mol. The zero-order valence-corrected chi connectivity index (χ0v) is 8.51. The monoisotopic (exact) mass is 220 g/mol. The molecule has 1 amide bonds. The Morgan fingerprint density at radius 1 is 1.50 bits per heavy atom. The minimum absolute atomic E-state index is 0.158. The number of anilines is 1. The maximum absolute atomic E-state index is 12.8. The van der Waals surface area contributed by atoms with Gasteiger partial charge in [-0.05, 0) is 6.07 Å². The summed E-state index contributed by atoms with van der Waals surface area (Å²) < 4.78 is 14.4. The van der Waals surface area contributed by atoms with Crippen LogP contribution in [0, 0.1) is 5.82 Å². The summed E-state index contributed by atoms with van der Waals surface area (Å²) in [6.07, 6.45) is 4.03. The molecule has 0 saturated heterocycles. The highest BCUT2D eigenvalue weighted by Gasteiger charge is 2.08. The van der Waals surface area contributed by atoms with Crippen molar-refractivity contribution < 1.29 is 9.18 Å². The number of rotatable bonds is 2. The molecule has 82 valence electrons. The average molecular weight is 220 g/mol. The van der Waals surface area contributed by atoms with Crippen molar-refractivity contribution in [2.24, 2.45) is 7.05 Å². The van der Waals surface area contributed by atoms with E-state index in [9.17, 15) is 9.18 Å². The van der Waals surface area contributed by atoms with Gasteiger partial charge in [0, 0.05) is 25.5 Å². The highest BCUT2D eigenvalue weighted by atomic mass is 19.1. The van der Waals surface area contributed by atoms with Gasteiger partial charge in [0.2, 0.25) is 0 Å². The molecule has 1 N–H and O–H groups in total. The molecule has 16 heavy (non-hydrogen) atoms. The average Bonchev–Trinajstić information content (AvgIpc) is 2.64. The molecule has 0 radical (unpaired) electrons. The van der Waals surface area contributed by atoms with Gasteiger partial charge in [0.15, 0.2) is 5.82 Å². The van der Waals surface area contributed by atoms with Crippen molar-refractivity contribution in [1.29, 1.82) is 0 Å². The number of carbonyl (C=O) groups is 1. The topological polar surface area (TPSA) is 59.8 Å². The highest BCUT2D eigenvalue weighted by molar-refractivity contribution is 6.03. The smallest absolute Gasteiger partial charge is 0.258 e. The fraction of sp³-hybridized carbons (Fsp3) is 0.100. The second kappa shape index (κ2) is 4.09. The van der Waals surface area contributed by atoms with Crippen LogP contribution in [-0.2, 0) is 7.05 Å². The molecular formula is C10H9FN4O. The van der Waals surface area contributed by atoms with Crippen molar-refractivity contribution in [2.75, 3.05) is 5.32 Å². The minimum atomic E-state index is -0.548. The van der Waals surface area contributed by atoms with Crippen molar-refractivity contribution >= 4 is 11.7 Å². The molecule has 2 heterocycles. The first-order chi connectivity index (χ1) is 7.65. The van der Waals surface area contributed by atoms with Crippen molar-refractivity contribution in [2.45, 2.75) is 0 Å². The third-order valence-electron chi connectivity index (χ3n) is 1.92. The first kappa shape index (κ1) is 10.3. The zero-order valence-electron chi connectivity index (χ0n) is 8.51. The van der Waals surface area contributed by atoms with E-state index in [2.05, 4.69) is 15.4 Å². The summed E-state index contributed by atoms with van der Waals surface area (Å²) in [6, 6.07) is 2.76. The van der Waals surface area contributed by atoms with Crippen LogP contribution in [0.2, 0.25) is 0 Å². The third-order valence-corrected chi connectivity index (χ3v) is 1.92. The predicted molar refractivity (Wildman–Crippen MR) is 55.4 cm³/mol. The molecule has 0 spiro atoms. The normalized spacial score (nSPS) is 10.1. The lowest BCUT2D eigenvalue weighted by atomic mass is 10.2. The summed E-state index contributed by atoms with van der Waals surface area (Å²) in [6.45, 7) is 0. The van der Waals surface area contributed by atoms with Gasteiger partial charge in [-0.25, -0.2) is 4.39 Å². The maximum Gasteiger partial charge on any atom is 0.258 e. The van der Waals surface area contributed by atoms with E-state index in [0.29, 0.717) is 5.82 Å². The fourth-order valence-electron chi connectivity index (χ4n) is 1.21. The van der Waals surface area contributed by atoms with Gasteiger partial charge in [0.25, 0.3) is 5.91 Å². The molecule has 6 heteroatoms. The number of carbonyl (C=O) groups excluding carboxylic acids is 1. The Bertz CT molecular complexity index is 523. The summed E-state index contributed by atoms with van der Waals surface area (Å²) in [4.78, 5) is 15.2. The lowest BCUT2D eigenvalue weighted by Gasteiger charge is -2.00. The van der Waals surface area contributed by atoms with E-state index < -0.39 is 11.7 Å². The van der Waals surface area contributed by atoms with Crippen LogP contribution in [0.5, 0.6) is 0 Å².